The molecule has 0 saturated heterocycles. The smallest absolute Gasteiger partial charge is 0.177 e. The number of methoxy groups -OCH3 is 1. The van der Waals surface area contributed by atoms with E-state index in [1.807, 2.05) is 25.1 Å². The molecule has 34 heavy (non-hydrogen) atoms. The highest BCUT2D eigenvalue weighted by Crippen LogP contribution is 2.48. The Kier molecular flexibility index (Phi) is 6.30. The van der Waals surface area contributed by atoms with E-state index >= 15 is 4.39 Å². The molecule has 0 unspecified atom stereocenters. The van der Waals surface area contributed by atoms with Crippen molar-refractivity contribution in [3.63, 3.8) is 0 Å². The van der Waals surface area contributed by atoms with E-state index in [9.17, 15) is 23.3 Å². The maximum Gasteiger partial charge on any atom is 0.177 e. The first-order chi connectivity index (χ1) is 16.1. The molecule has 2 aromatic carbocycles. The van der Waals surface area contributed by atoms with Crippen LogP contribution in [0, 0.1) is 28.5 Å². The molecule has 176 valence electrons. The van der Waals surface area contributed by atoms with Gasteiger partial charge in [-0.25, -0.2) is 17.2 Å². The minimum atomic E-state index is -3.92. The van der Waals surface area contributed by atoms with Crippen LogP contribution in [0.1, 0.15) is 64.3 Å². The molecule has 2 aromatic rings. The number of fused-ring (bicyclic) bond motifs is 2. The molecule has 0 amide bonds. The number of allylic oxidation sites excluding steroid dienone is 1. The molecule has 9 heteroatoms. The van der Waals surface area contributed by atoms with Gasteiger partial charge in [-0.2, -0.15) is 10.5 Å². The predicted octanol–water partition coefficient (Wildman–Crippen LogP) is 4.47. The Morgan fingerprint density at radius 3 is 2.50 bits per heavy atom. The summed E-state index contributed by atoms with van der Waals surface area (Å²) in [5, 5.41) is 19.6. The number of rotatable bonds is 5. The van der Waals surface area contributed by atoms with Crippen LogP contribution < -0.4 is 0 Å². The first-order valence-corrected chi connectivity index (χ1v) is 12.5. The quantitative estimate of drug-likeness (QED) is 0.581. The Bertz CT molecular complexity index is 1400. The number of halogens is 2. The van der Waals surface area contributed by atoms with E-state index in [0.29, 0.717) is 34.2 Å². The fourth-order valence-electron chi connectivity index (χ4n) is 4.95. The molecule has 0 saturated carbocycles. The van der Waals surface area contributed by atoms with Crippen molar-refractivity contribution in [3.05, 3.63) is 69.0 Å². The van der Waals surface area contributed by atoms with Crippen molar-refractivity contribution in [2.45, 2.75) is 42.9 Å². The molecule has 0 N–H and O–H groups in total. The summed E-state index contributed by atoms with van der Waals surface area (Å²) in [5.74, 6) is -0.595. The second-order valence-electron chi connectivity index (χ2n) is 8.57. The molecule has 0 heterocycles. The number of hydrogen-bond acceptors (Lipinski definition) is 6. The second-order valence-corrected chi connectivity index (χ2v) is 10.5. The summed E-state index contributed by atoms with van der Waals surface area (Å²) in [6.07, 6.45) is 0.430. The summed E-state index contributed by atoms with van der Waals surface area (Å²) in [7, 11) is -2.55. The van der Waals surface area contributed by atoms with E-state index in [1.165, 1.54) is 19.2 Å². The van der Waals surface area contributed by atoms with Crippen molar-refractivity contribution in [2.24, 2.45) is 0 Å². The van der Waals surface area contributed by atoms with Gasteiger partial charge in [-0.05, 0) is 52.8 Å². The topological polar surface area (TPSA) is 100 Å². The zero-order valence-corrected chi connectivity index (χ0v) is 19.7. The summed E-state index contributed by atoms with van der Waals surface area (Å²) in [6.45, 7) is 1.65. The van der Waals surface area contributed by atoms with Crippen molar-refractivity contribution in [1.82, 2.24) is 0 Å². The zero-order chi connectivity index (χ0) is 24.8. The van der Waals surface area contributed by atoms with Gasteiger partial charge < -0.3 is 9.47 Å². The molecule has 3 atom stereocenters. The minimum absolute atomic E-state index is 0.0629. The first kappa shape index (κ1) is 24.0. The molecule has 2 aliphatic rings. The Hall–Kier alpha value is -3.11. The van der Waals surface area contributed by atoms with Gasteiger partial charge in [0.2, 0.25) is 0 Å². The Morgan fingerprint density at radius 2 is 1.88 bits per heavy atom. The molecule has 0 radical (unpaired) electrons. The number of sulfone groups is 1. The maximum atomic E-state index is 15.2. The van der Waals surface area contributed by atoms with E-state index in [-0.39, 0.29) is 40.7 Å². The lowest BCUT2D eigenvalue weighted by atomic mass is 9.77. The highest BCUT2D eigenvalue weighted by atomic mass is 32.2. The van der Waals surface area contributed by atoms with Crippen LogP contribution in [0.25, 0.3) is 5.57 Å². The van der Waals surface area contributed by atoms with Gasteiger partial charge in [0.25, 0.3) is 0 Å². The van der Waals surface area contributed by atoms with Gasteiger partial charge in [-0.15, -0.1) is 0 Å². The Morgan fingerprint density at radius 1 is 1.18 bits per heavy atom. The van der Waals surface area contributed by atoms with Crippen LogP contribution in [0.4, 0.5) is 8.78 Å². The molecule has 0 fully saturated rings. The second kappa shape index (κ2) is 8.92. The number of benzene rings is 2. The van der Waals surface area contributed by atoms with Crippen molar-refractivity contribution in [2.75, 3.05) is 20.2 Å². The third-order valence-electron chi connectivity index (χ3n) is 6.32. The predicted molar refractivity (Wildman–Crippen MR) is 120 cm³/mol. The SMILES string of the molecule is COCO[C@H]1c2c(c(C3=CC[C@@H](C)c4cc(F)cc(C#N)c43)cc(C#N)c2S(C)(=O)=O)C[C@H]1F. The summed E-state index contributed by atoms with van der Waals surface area (Å²) in [6, 6.07) is 7.92. The van der Waals surface area contributed by atoms with Gasteiger partial charge >= 0.3 is 0 Å². The van der Waals surface area contributed by atoms with E-state index in [0.717, 1.165) is 12.3 Å². The highest BCUT2D eigenvalue weighted by Gasteiger charge is 2.42. The Balaban J connectivity index is 2.07. The first-order valence-electron chi connectivity index (χ1n) is 10.6. The maximum absolute atomic E-state index is 15.2. The van der Waals surface area contributed by atoms with E-state index in [1.54, 1.807) is 0 Å². The summed E-state index contributed by atoms with van der Waals surface area (Å²) in [4.78, 5) is -0.264. The minimum Gasteiger partial charge on any atom is -0.359 e. The fourth-order valence-corrected chi connectivity index (χ4v) is 6.10. The third-order valence-corrected chi connectivity index (χ3v) is 7.50. The zero-order valence-electron chi connectivity index (χ0n) is 18.9. The average Bonchev–Trinajstić information content (AvgIpc) is 3.11. The number of nitriles is 2. The largest absolute Gasteiger partial charge is 0.359 e. The Labute approximate surface area is 197 Å². The number of nitrogens with zero attached hydrogens (tertiary/aromatic N) is 2. The molecule has 6 nitrogen and oxygen atoms in total. The molecule has 0 aromatic heterocycles. The van der Waals surface area contributed by atoms with Crippen LogP contribution in [-0.2, 0) is 25.7 Å². The summed E-state index contributed by atoms with van der Waals surface area (Å²) in [5.41, 5.74) is 2.62. The molecular weight excluding hydrogens is 462 g/mol. The van der Waals surface area contributed by atoms with Crippen molar-refractivity contribution < 1.29 is 26.7 Å². The fraction of sp³-hybridized carbons (Fsp3) is 0.360. The van der Waals surface area contributed by atoms with Crippen LogP contribution in [-0.4, -0.2) is 34.7 Å². The standard InChI is InChI=1S/C25H22F2N2O4S/c1-13-4-5-17(22-14(10-28)6-16(26)8-18(13)22)19-7-15(11-29)25(34(3,30)31)23-20(19)9-21(27)24(23)33-12-32-2/h5-8,13,21,24H,4,9,12H2,1-3H3/t13-,21-,24-/m1/s1. The van der Waals surface area contributed by atoms with Crippen LogP contribution in [0.2, 0.25) is 0 Å². The summed E-state index contributed by atoms with van der Waals surface area (Å²) >= 11 is 0. The number of alkyl halides is 1. The van der Waals surface area contributed by atoms with Gasteiger partial charge in [0, 0.05) is 30.9 Å². The van der Waals surface area contributed by atoms with Crippen molar-refractivity contribution in [1.29, 1.82) is 10.5 Å². The average molecular weight is 485 g/mol. The van der Waals surface area contributed by atoms with Gasteiger partial charge in [-0.1, -0.05) is 13.0 Å². The highest BCUT2D eigenvalue weighted by molar-refractivity contribution is 7.90. The lowest BCUT2D eigenvalue weighted by molar-refractivity contribution is -0.0939. The van der Waals surface area contributed by atoms with Gasteiger partial charge in [0.1, 0.15) is 31.0 Å². The molecule has 0 bridgehead atoms. The molecule has 4 rings (SSSR count). The third kappa shape index (κ3) is 3.90. The van der Waals surface area contributed by atoms with Crippen molar-refractivity contribution >= 4 is 15.4 Å². The molecule has 0 aliphatic heterocycles. The van der Waals surface area contributed by atoms with Gasteiger partial charge in [0.15, 0.2) is 9.84 Å². The van der Waals surface area contributed by atoms with E-state index < -0.39 is 27.9 Å². The molecular formula is C25H22F2N2O4S. The van der Waals surface area contributed by atoms with E-state index in [4.69, 9.17) is 9.47 Å². The molecule has 0 spiro atoms. The van der Waals surface area contributed by atoms with Gasteiger partial charge in [0.05, 0.1) is 22.1 Å². The van der Waals surface area contributed by atoms with Gasteiger partial charge in [-0.3, -0.25) is 0 Å². The lowest BCUT2D eigenvalue weighted by Crippen LogP contribution is -2.17. The monoisotopic (exact) mass is 484 g/mol. The van der Waals surface area contributed by atoms with Crippen molar-refractivity contribution in [3.8, 4) is 12.1 Å². The number of hydrogen-bond donors (Lipinski definition) is 0. The molecule has 2 aliphatic carbocycles. The normalized spacial score (nSPS) is 21.3. The van der Waals surface area contributed by atoms with Crippen LogP contribution in [0.15, 0.2) is 29.2 Å². The van der Waals surface area contributed by atoms with Crippen LogP contribution >= 0.6 is 0 Å². The van der Waals surface area contributed by atoms with E-state index in [2.05, 4.69) is 0 Å². The number of ether oxygens (including phenoxy) is 2. The summed E-state index contributed by atoms with van der Waals surface area (Å²) < 4.78 is 65.3. The van der Waals surface area contributed by atoms with Crippen LogP contribution in [0.5, 0.6) is 0 Å². The lowest BCUT2D eigenvalue weighted by Gasteiger charge is -2.26. The van der Waals surface area contributed by atoms with Crippen LogP contribution in [0.3, 0.4) is 0 Å².